The van der Waals surface area contributed by atoms with Gasteiger partial charge in [0.1, 0.15) is 0 Å². The van der Waals surface area contributed by atoms with Gasteiger partial charge >= 0.3 is 0 Å². The van der Waals surface area contributed by atoms with E-state index in [-0.39, 0.29) is 11.6 Å². The maximum atomic E-state index is 6.69. The van der Waals surface area contributed by atoms with Gasteiger partial charge in [-0.25, -0.2) is 0 Å². The van der Waals surface area contributed by atoms with Gasteiger partial charge in [0.05, 0.1) is 13.2 Å². The average molecular weight is 275 g/mol. The van der Waals surface area contributed by atoms with Crippen LogP contribution < -0.4 is 5.73 Å². The third-order valence-corrected chi connectivity index (χ3v) is 4.98. The van der Waals surface area contributed by atoms with Gasteiger partial charge < -0.3 is 10.5 Å². The summed E-state index contributed by atoms with van der Waals surface area (Å²) in [6, 6.07) is 4.27. The lowest BCUT2D eigenvalue weighted by Gasteiger charge is -2.47. The number of aromatic nitrogens is 1. The van der Waals surface area contributed by atoms with Crippen molar-refractivity contribution >= 4 is 0 Å². The minimum atomic E-state index is 0.0520. The van der Waals surface area contributed by atoms with Gasteiger partial charge in [-0.05, 0) is 31.4 Å². The Kier molecular flexibility index (Phi) is 4.06. The standard InChI is InChI=1S/C16H25N3O/c1-13-4-5-14(12-18-13)15(17)16(6-2-3-7-16)19-8-10-20-11-9-19/h4-5,12,15H,2-3,6-11,17H2,1H3. The Morgan fingerprint density at radius 1 is 1.25 bits per heavy atom. The number of nitrogens with zero attached hydrogens (tertiary/aromatic N) is 2. The summed E-state index contributed by atoms with van der Waals surface area (Å²) in [5.74, 6) is 0. The first kappa shape index (κ1) is 14.0. The van der Waals surface area contributed by atoms with Crippen LogP contribution in [-0.4, -0.2) is 41.7 Å². The van der Waals surface area contributed by atoms with Crippen LogP contribution in [0, 0.1) is 6.92 Å². The van der Waals surface area contributed by atoms with Gasteiger partial charge in [-0.3, -0.25) is 9.88 Å². The third-order valence-electron chi connectivity index (χ3n) is 4.98. The summed E-state index contributed by atoms with van der Waals surface area (Å²) in [4.78, 5) is 7.00. The molecule has 4 nitrogen and oxygen atoms in total. The molecule has 2 heterocycles. The Morgan fingerprint density at radius 3 is 2.55 bits per heavy atom. The second-order valence-corrected chi connectivity index (χ2v) is 6.12. The van der Waals surface area contributed by atoms with Crippen molar-refractivity contribution in [2.24, 2.45) is 5.73 Å². The zero-order valence-electron chi connectivity index (χ0n) is 12.3. The summed E-state index contributed by atoms with van der Waals surface area (Å²) in [7, 11) is 0. The minimum Gasteiger partial charge on any atom is -0.379 e. The van der Waals surface area contributed by atoms with E-state index >= 15 is 0 Å². The van der Waals surface area contributed by atoms with Crippen molar-refractivity contribution in [2.75, 3.05) is 26.3 Å². The molecular weight excluding hydrogens is 250 g/mol. The fraction of sp³-hybridized carbons (Fsp3) is 0.688. The van der Waals surface area contributed by atoms with Crippen LogP contribution in [-0.2, 0) is 4.74 Å². The van der Waals surface area contributed by atoms with Crippen LogP contribution in [0.2, 0.25) is 0 Å². The highest BCUT2D eigenvalue weighted by molar-refractivity contribution is 5.22. The number of rotatable bonds is 3. The molecule has 0 amide bonds. The molecule has 1 atom stereocenters. The van der Waals surface area contributed by atoms with E-state index in [4.69, 9.17) is 10.5 Å². The predicted molar refractivity (Wildman–Crippen MR) is 79.5 cm³/mol. The van der Waals surface area contributed by atoms with Gasteiger partial charge in [0.2, 0.25) is 0 Å². The second-order valence-electron chi connectivity index (χ2n) is 6.12. The molecule has 1 saturated carbocycles. The van der Waals surface area contributed by atoms with Crippen molar-refractivity contribution in [2.45, 2.75) is 44.2 Å². The smallest absolute Gasteiger partial charge is 0.0594 e. The van der Waals surface area contributed by atoms with E-state index in [0.717, 1.165) is 32.0 Å². The van der Waals surface area contributed by atoms with Gasteiger partial charge in [-0.15, -0.1) is 0 Å². The first-order valence-corrected chi connectivity index (χ1v) is 7.73. The van der Waals surface area contributed by atoms with Gasteiger partial charge in [0.15, 0.2) is 0 Å². The number of hydrogen-bond acceptors (Lipinski definition) is 4. The summed E-state index contributed by atoms with van der Waals surface area (Å²) in [6.07, 6.45) is 6.92. The van der Waals surface area contributed by atoms with Crippen LogP contribution in [0.5, 0.6) is 0 Å². The highest BCUT2D eigenvalue weighted by Crippen LogP contribution is 2.43. The van der Waals surface area contributed by atoms with Crippen LogP contribution in [0.25, 0.3) is 0 Å². The van der Waals surface area contributed by atoms with Crippen molar-refractivity contribution < 1.29 is 4.74 Å². The highest BCUT2D eigenvalue weighted by atomic mass is 16.5. The lowest BCUT2D eigenvalue weighted by Crippen LogP contribution is -2.57. The molecule has 0 aromatic carbocycles. The van der Waals surface area contributed by atoms with Gasteiger partial charge in [-0.2, -0.15) is 0 Å². The second kappa shape index (κ2) is 5.80. The quantitative estimate of drug-likeness (QED) is 0.917. The zero-order chi connectivity index (χ0) is 14.0. The molecule has 0 spiro atoms. The van der Waals surface area contributed by atoms with Crippen molar-refractivity contribution in [3.05, 3.63) is 29.6 Å². The van der Waals surface area contributed by atoms with Crippen molar-refractivity contribution in [1.82, 2.24) is 9.88 Å². The lowest BCUT2D eigenvalue weighted by atomic mass is 9.82. The maximum absolute atomic E-state index is 6.69. The van der Waals surface area contributed by atoms with E-state index < -0.39 is 0 Å². The average Bonchev–Trinajstić information content (AvgIpc) is 2.99. The van der Waals surface area contributed by atoms with E-state index in [0.29, 0.717) is 0 Å². The van der Waals surface area contributed by atoms with Gasteiger partial charge in [-0.1, -0.05) is 18.9 Å². The Hall–Kier alpha value is -0.970. The summed E-state index contributed by atoms with van der Waals surface area (Å²) < 4.78 is 5.51. The van der Waals surface area contributed by atoms with E-state index in [9.17, 15) is 0 Å². The molecule has 0 radical (unpaired) electrons. The van der Waals surface area contributed by atoms with Gasteiger partial charge in [0, 0.05) is 36.6 Å². The fourth-order valence-electron chi connectivity index (χ4n) is 3.79. The molecule has 2 aliphatic rings. The molecular formula is C16H25N3O. The molecule has 20 heavy (non-hydrogen) atoms. The SMILES string of the molecule is Cc1ccc(C(N)C2(N3CCOCC3)CCCC2)cn1. The molecule has 1 aromatic rings. The highest BCUT2D eigenvalue weighted by Gasteiger charge is 2.45. The zero-order valence-corrected chi connectivity index (χ0v) is 12.3. The maximum Gasteiger partial charge on any atom is 0.0594 e. The van der Waals surface area contributed by atoms with Crippen LogP contribution in [0.15, 0.2) is 18.3 Å². The first-order valence-electron chi connectivity index (χ1n) is 7.73. The topological polar surface area (TPSA) is 51.4 Å². The Balaban J connectivity index is 1.87. The molecule has 2 N–H and O–H groups in total. The Morgan fingerprint density at radius 2 is 1.95 bits per heavy atom. The van der Waals surface area contributed by atoms with Crippen molar-refractivity contribution in [1.29, 1.82) is 0 Å². The molecule has 1 aliphatic carbocycles. The minimum absolute atomic E-state index is 0.0520. The van der Waals surface area contributed by atoms with E-state index in [1.807, 2.05) is 13.1 Å². The van der Waals surface area contributed by atoms with Crippen LogP contribution in [0.3, 0.4) is 0 Å². The third kappa shape index (κ3) is 2.48. The van der Waals surface area contributed by atoms with Crippen molar-refractivity contribution in [3.63, 3.8) is 0 Å². The summed E-state index contributed by atoms with van der Waals surface area (Å²) in [5.41, 5.74) is 9.02. The number of pyridine rings is 1. The predicted octanol–water partition coefficient (Wildman–Crippen LogP) is 2.03. The van der Waals surface area contributed by atoms with Crippen LogP contribution in [0.1, 0.15) is 43.0 Å². The van der Waals surface area contributed by atoms with Crippen molar-refractivity contribution in [3.8, 4) is 0 Å². The number of ether oxygens (including phenoxy) is 1. The number of aryl methyl sites for hydroxylation is 1. The van der Waals surface area contributed by atoms with E-state index in [1.54, 1.807) is 0 Å². The Bertz CT molecular complexity index is 434. The fourth-order valence-corrected chi connectivity index (χ4v) is 3.79. The molecule has 4 heteroatoms. The molecule has 1 aromatic heterocycles. The monoisotopic (exact) mass is 275 g/mol. The molecule has 110 valence electrons. The summed E-state index contributed by atoms with van der Waals surface area (Å²) >= 11 is 0. The summed E-state index contributed by atoms with van der Waals surface area (Å²) in [6.45, 7) is 5.70. The van der Waals surface area contributed by atoms with Gasteiger partial charge in [0.25, 0.3) is 0 Å². The van der Waals surface area contributed by atoms with Crippen LogP contribution >= 0.6 is 0 Å². The number of morpholine rings is 1. The van der Waals surface area contributed by atoms with Crippen LogP contribution in [0.4, 0.5) is 0 Å². The van der Waals surface area contributed by atoms with E-state index in [1.165, 1.54) is 31.2 Å². The first-order chi connectivity index (χ1) is 9.72. The summed E-state index contributed by atoms with van der Waals surface area (Å²) in [5, 5.41) is 0. The van der Waals surface area contributed by atoms with E-state index in [2.05, 4.69) is 22.0 Å². The Labute approximate surface area is 121 Å². The molecule has 1 aliphatic heterocycles. The molecule has 0 bridgehead atoms. The molecule has 1 saturated heterocycles. The lowest BCUT2D eigenvalue weighted by molar-refractivity contribution is -0.0311. The number of hydrogen-bond donors (Lipinski definition) is 1. The normalized spacial score (nSPS) is 24.7. The molecule has 2 fully saturated rings. The largest absolute Gasteiger partial charge is 0.379 e. The number of nitrogens with two attached hydrogens (primary N) is 1. The molecule has 1 unspecified atom stereocenters. The molecule has 3 rings (SSSR count).